The number of nitrogens with zero attached hydrogens (tertiary/aromatic N) is 1. The molecule has 0 aromatic carbocycles. The van der Waals surface area contributed by atoms with E-state index < -0.39 is 0 Å². The van der Waals surface area contributed by atoms with E-state index in [4.69, 9.17) is 15.2 Å². The SMILES string of the molecule is CC(C)N(CCCN)C1CCOC2(CCOC2)C1. The second-order valence-corrected chi connectivity index (χ2v) is 5.95. The topological polar surface area (TPSA) is 47.7 Å². The Morgan fingerprint density at radius 3 is 2.83 bits per heavy atom. The van der Waals surface area contributed by atoms with Crippen molar-refractivity contribution < 1.29 is 9.47 Å². The van der Waals surface area contributed by atoms with Crippen molar-refractivity contribution in [2.45, 2.75) is 57.2 Å². The average molecular weight is 256 g/mol. The largest absolute Gasteiger partial charge is 0.378 e. The molecule has 0 aromatic heterocycles. The third-order valence-corrected chi connectivity index (χ3v) is 4.29. The van der Waals surface area contributed by atoms with Crippen molar-refractivity contribution in [3.63, 3.8) is 0 Å². The van der Waals surface area contributed by atoms with E-state index in [1.807, 2.05) is 0 Å². The lowest BCUT2D eigenvalue weighted by atomic mass is 9.88. The van der Waals surface area contributed by atoms with Gasteiger partial charge < -0.3 is 15.2 Å². The Morgan fingerprint density at radius 2 is 2.22 bits per heavy atom. The van der Waals surface area contributed by atoms with Gasteiger partial charge in [-0.3, -0.25) is 4.90 Å². The molecular weight excluding hydrogens is 228 g/mol. The van der Waals surface area contributed by atoms with Gasteiger partial charge in [-0.2, -0.15) is 0 Å². The first-order valence-electron chi connectivity index (χ1n) is 7.34. The van der Waals surface area contributed by atoms with Gasteiger partial charge in [-0.1, -0.05) is 0 Å². The molecule has 4 nitrogen and oxygen atoms in total. The quantitative estimate of drug-likeness (QED) is 0.807. The fourth-order valence-corrected chi connectivity index (χ4v) is 3.28. The molecule has 2 atom stereocenters. The van der Waals surface area contributed by atoms with Crippen LogP contribution in [0.2, 0.25) is 0 Å². The van der Waals surface area contributed by atoms with Gasteiger partial charge in [0.25, 0.3) is 0 Å². The standard InChI is InChI=1S/C14H28N2O2/c1-12(2)16(7-3-6-15)13-4-8-18-14(10-13)5-9-17-11-14/h12-13H,3-11,15H2,1-2H3. The number of hydrogen-bond donors (Lipinski definition) is 1. The molecule has 2 aliphatic rings. The summed E-state index contributed by atoms with van der Waals surface area (Å²) in [6.07, 6.45) is 4.41. The van der Waals surface area contributed by atoms with Gasteiger partial charge in [-0.25, -0.2) is 0 Å². The van der Waals surface area contributed by atoms with Crippen LogP contribution in [0.4, 0.5) is 0 Å². The Hall–Kier alpha value is -0.160. The average Bonchev–Trinajstić information content (AvgIpc) is 2.77. The molecule has 2 fully saturated rings. The van der Waals surface area contributed by atoms with Crippen molar-refractivity contribution in [1.29, 1.82) is 0 Å². The van der Waals surface area contributed by atoms with Crippen molar-refractivity contribution in [3.05, 3.63) is 0 Å². The summed E-state index contributed by atoms with van der Waals surface area (Å²) in [5, 5.41) is 0. The van der Waals surface area contributed by atoms with Crippen molar-refractivity contribution >= 4 is 0 Å². The fraction of sp³-hybridized carbons (Fsp3) is 1.00. The van der Waals surface area contributed by atoms with Crippen molar-refractivity contribution in [3.8, 4) is 0 Å². The highest BCUT2D eigenvalue weighted by Gasteiger charge is 2.42. The summed E-state index contributed by atoms with van der Waals surface area (Å²) in [5.41, 5.74) is 5.66. The maximum Gasteiger partial charge on any atom is 0.0951 e. The lowest BCUT2D eigenvalue weighted by molar-refractivity contribution is -0.109. The van der Waals surface area contributed by atoms with Crippen LogP contribution in [-0.4, -0.2) is 55.5 Å². The summed E-state index contributed by atoms with van der Waals surface area (Å²) in [5.74, 6) is 0. The van der Waals surface area contributed by atoms with Gasteiger partial charge >= 0.3 is 0 Å². The molecule has 2 heterocycles. The summed E-state index contributed by atoms with van der Waals surface area (Å²) >= 11 is 0. The maximum absolute atomic E-state index is 6.01. The highest BCUT2D eigenvalue weighted by Crippen LogP contribution is 2.35. The number of nitrogens with two attached hydrogens (primary N) is 1. The minimum atomic E-state index is 0.0127. The summed E-state index contributed by atoms with van der Waals surface area (Å²) in [6, 6.07) is 1.21. The Labute approximate surface area is 111 Å². The normalized spacial score (nSPS) is 32.8. The molecule has 2 N–H and O–H groups in total. The van der Waals surface area contributed by atoms with Gasteiger partial charge in [-0.05, 0) is 46.2 Å². The Balaban J connectivity index is 1.96. The van der Waals surface area contributed by atoms with Crippen LogP contribution in [0, 0.1) is 0 Å². The van der Waals surface area contributed by atoms with Crippen LogP contribution in [0.5, 0.6) is 0 Å². The fourth-order valence-electron chi connectivity index (χ4n) is 3.28. The first kappa shape index (κ1) is 14.3. The first-order valence-corrected chi connectivity index (χ1v) is 7.34. The first-order chi connectivity index (χ1) is 8.67. The Morgan fingerprint density at radius 1 is 1.39 bits per heavy atom. The Kier molecular flexibility index (Phi) is 5.01. The molecule has 0 amide bonds. The van der Waals surface area contributed by atoms with Crippen LogP contribution < -0.4 is 5.73 Å². The minimum absolute atomic E-state index is 0.0127. The molecule has 2 rings (SSSR count). The van der Waals surface area contributed by atoms with E-state index in [2.05, 4.69) is 18.7 Å². The van der Waals surface area contributed by atoms with E-state index in [-0.39, 0.29) is 5.60 Å². The summed E-state index contributed by atoms with van der Waals surface area (Å²) < 4.78 is 11.6. The molecule has 0 saturated carbocycles. The van der Waals surface area contributed by atoms with Crippen LogP contribution in [0.15, 0.2) is 0 Å². The van der Waals surface area contributed by atoms with Gasteiger partial charge in [-0.15, -0.1) is 0 Å². The molecule has 0 radical (unpaired) electrons. The Bertz CT molecular complexity index is 252. The number of hydrogen-bond acceptors (Lipinski definition) is 4. The van der Waals surface area contributed by atoms with E-state index in [9.17, 15) is 0 Å². The van der Waals surface area contributed by atoms with Crippen LogP contribution >= 0.6 is 0 Å². The highest BCUT2D eigenvalue weighted by atomic mass is 16.6. The molecular formula is C14H28N2O2. The molecule has 2 saturated heterocycles. The van der Waals surface area contributed by atoms with Crippen LogP contribution in [0.25, 0.3) is 0 Å². The van der Waals surface area contributed by atoms with E-state index in [0.29, 0.717) is 12.1 Å². The van der Waals surface area contributed by atoms with Gasteiger partial charge in [0.1, 0.15) is 0 Å². The zero-order valence-corrected chi connectivity index (χ0v) is 11.9. The minimum Gasteiger partial charge on any atom is -0.378 e. The molecule has 0 aliphatic carbocycles. The van der Waals surface area contributed by atoms with Crippen molar-refractivity contribution in [2.24, 2.45) is 5.73 Å². The highest BCUT2D eigenvalue weighted by molar-refractivity contribution is 4.94. The summed E-state index contributed by atoms with van der Waals surface area (Å²) in [7, 11) is 0. The lowest BCUT2D eigenvalue weighted by Gasteiger charge is -2.44. The van der Waals surface area contributed by atoms with Crippen LogP contribution in [0.3, 0.4) is 0 Å². The number of rotatable bonds is 5. The van der Waals surface area contributed by atoms with E-state index in [1.165, 1.54) is 0 Å². The smallest absolute Gasteiger partial charge is 0.0951 e. The second kappa shape index (κ2) is 6.33. The predicted octanol–water partition coefficient (Wildman–Crippen LogP) is 1.38. The molecule has 4 heteroatoms. The zero-order chi connectivity index (χ0) is 13.0. The molecule has 2 aliphatic heterocycles. The maximum atomic E-state index is 6.01. The lowest BCUT2D eigenvalue weighted by Crippen LogP contribution is -2.51. The zero-order valence-electron chi connectivity index (χ0n) is 11.9. The number of ether oxygens (including phenoxy) is 2. The third kappa shape index (κ3) is 3.23. The van der Waals surface area contributed by atoms with Crippen LogP contribution in [-0.2, 0) is 9.47 Å². The molecule has 0 bridgehead atoms. The predicted molar refractivity (Wildman–Crippen MR) is 72.7 cm³/mol. The van der Waals surface area contributed by atoms with E-state index >= 15 is 0 Å². The third-order valence-electron chi connectivity index (χ3n) is 4.29. The summed E-state index contributed by atoms with van der Waals surface area (Å²) in [4.78, 5) is 2.61. The van der Waals surface area contributed by atoms with Gasteiger partial charge in [0.05, 0.1) is 12.2 Å². The summed E-state index contributed by atoms with van der Waals surface area (Å²) in [6.45, 7) is 8.97. The van der Waals surface area contributed by atoms with Crippen molar-refractivity contribution in [1.82, 2.24) is 4.90 Å². The van der Waals surface area contributed by atoms with E-state index in [0.717, 1.165) is 58.6 Å². The molecule has 2 unspecified atom stereocenters. The second-order valence-electron chi connectivity index (χ2n) is 5.95. The van der Waals surface area contributed by atoms with Crippen LogP contribution in [0.1, 0.15) is 39.5 Å². The molecule has 0 aromatic rings. The van der Waals surface area contributed by atoms with E-state index in [1.54, 1.807) is 0 Å². The van der Waals surface area contributed by atoms with Gasteiger partial charge in [0.15, 0.2) is 0 Å². The monoisotopic (exact) mass is 256 g/mol. The molecule has 18 heavy (non-hydrogen) atoms. The van der Waals surface area contributed by atoms with Gasteiger partial charge in [0.2, 0.25) is 0 Å². The van der Waals surface area contributed by atoms with Crippen molar-refractivity contribution in [2.75, 3.05) is 32.9 Å². The van der Waals surface area contributed by atoms with Gasteiger partial charge in [0, 0.05) is 31.7 Å². The molecule has 1 spiro atoms. The molecule has 106 valence electrons.